The lowest BCUT2D eigenvalue weighted by Crippen LogP contribution is -1.78. The molecule has 0 aliphatic heterocycles. The van der Waals surface area contributed by atoms with E-state index in [4.69, 9.17) is 0 Å². The van der Waals surface area contributed by atoms with Crippen molar-refractivity contribution in [2.75, 3.05) is 0 Å². The molecule has 4 rings (SSSR count). The van der Waals surface area contributed by atoms with Crippen molar-refractivity contribution in [1.82, 2.24) is 14.4 Å². The summed E-state index contributed by atoms with van der Waals surface area (Å²) < 4.78 is 2.11. The first-order valence-corrected chi connectivity index (χ1v) is 5.11. The molecule has 2 heterocycles. The molecule has 0 amide bonds. The van der Waals surface area contributed by atoms with Gasteiger partial charge in [0.05, 0.1) is 22.1 Å². The zero-order valence-corrected chi connectivity index (χ0v) is 8.36. The molecule has 0 bridgehead atoms. The van der Waals surface area contributed by atoms with Crippen molar-refractivity contribution < 1.29 is 0 Å². The fraction of sp³-hybridized carbons (Fsp3) is 0. The van der Waals surface area contributed by atoms with Crippen LogP contribution < -0.4 is 0 Å². The second-order valence-electron chi connectivity index (χ2n) is 3.75. The topological polar surface area (TPSA) is 33.1 Å². The summed E-state index contributed by atoms with van der Waals surface area (Å²) in [5.41, 5.74) is 4.14. The Labute approximate surface area is 91.3 Å². The van der Waals surface area contributed by atoms with Gasteiger partial charge in [0.15, 0.2) is 0 Å². The summed E-state index contributed by atoms with van der Waals surface area (Å²) >= 11 is 0. The quantitative estimate of drug-likeness (QED) is 0.470. The van der Waals surface area contributed by atoms with E-state index < -0.39 is 0 Å². The first-order chi connectivity index (χ1) is 7.93. The zero-order chi connectivity index (χ0) is 10.5. The van der Waals surface area contributed by atoms with Crippen LogP contribution in [0, 0.1) is 12.1 Å². The number of nitrogens with zero attached hydrogens (tertiary/aromatic N) is 2. The van der Waals surface area contributed by atoms with Crippen molar-refractivity contribution in [3.63, 3.8) is 0 Å². The zero-order valence-electron chi connectivity index (χ0n) is 8.36. The third-order valence-electron chi connectivity index (χ3n) is 2.82. The molecule has 4 aromatic rings. The Bertz CT molecular complexity index is 742. The molecule has 0 saturated heterocycles. The summed E-state index contributed by atoms with van der Waals surface area (Å²) in [4.78, 5) is 7.76. The molecule has 0 spiro atoms. The molecular weight excluding hydrogens is 198 g/mol. The molecule has 3 nitrogen and oxygen atoms in total. The predicted octanol–water partition coefficient (Wildman–Crippen LogP) is 2.57. The van der Waals surface area contributed by atoms with Crippen molar-refractivity contribution in [3.8, 4) is 0 Å². The molecule has 0 fully saturated rings. The van der Waals surface area contributed by atoms with Crippen molar-refractivity contribution in [3.05, 3.63) is 48.5 Å². The molecule has 0 aliphatic rings. The van der Waals surface area contributed by atoms with Crippen LogP contribution in [-0.2, 0) is 0 Å². The van der Waals surface area contributed by atoms with Crippen LogP contribution in [0.25, 0.3) is 27.8 Å². The van der Waals surface area contributed by atoms with Crippen LogP contribution in [-0.4, -0.2) is 14.4 Å². The van der Waals surface area contributed by atoms with Gasteiger partial charge in [0.2, 0.25) is 5.78 Å². The van der Waals surface area contributed by atoms with Crippen LogP contribution in [0.4, 0.5) is 0 Å². The summed E-state index contributed by atoms with van der Waals surface area (Å²) in [6, 6.07) is 18.0. The van der Waals surface area contributed by atoms with Gasteiger partial charge in [-0.15, -0.1) is 0 Å². The number of rotatable bonds is 0. The third kappa shape index (κ3) is 0.852. The van der Waals surface area contributed by atoms with Crippen LogP contribution in [0.15, 0.2) is 36.4 Å². The SMILES string of the molecule is [c]1[c]c2[nH]c3nc4ccccc4n3c2cc1. The van der Waals surface area contributed by atoms with Crippen molar-refractivity contribution in [1.29, 1.82) is 0 Å². The van der Waals surface area contributed by atoms with Crippen LogP contribution in [0.3, 0.4) is 0 Å². The van der Waals surface area contributed by atoms with Gasteiger partial charge in [-0.2, -0.15) is 0 Å². The predicted molar refractivity (Wildman–Crippen MR) is 62.2 cm³/mol. The van der Waals surface area contributed by atoms with Crippen molar-refractivity contribution >= 4 is 27.8 Å². The van der Waals surface area contributed by atoms with Gasteiger partial charge in [0.25, 0.3) is 0 Å². The van der Waals surface area contributed by atoms with E-state index in [2.05, 4.69) is 32.6 Å². The van der Waals surface area contributed by atoms with Gasteiger partial charge < -0.3 is 4.98 Å². The maximum atomic E-state index is 4.53. The van der Waals surface area contributed by atoms with Gasteiger partial charge in [0.1, 0.15) is 0 Å². The molecule has 3 heteroatoms. The number of aromatic amines is 1. The van der Waals surface area contributed by atoms with Crippen molar-refractivity contribution in [2.24, 2.45) is 0 Å². The highest BCUT2D eigenvalue weighted by molar-refractivity contribution is 5.89. The minimum atomic E-state index is 0.854. The molecule has 0 saturated carbocycles. The van der Waals surface area contributed by atoms with Crippen LogP contribution in [0.1, 0.15) is 0 Å². The average molecular weight is 205 g/mol. The molecule has 2 radical (unpaired) electrons. The highest BCUT2D eigenvalue weighted by Crippen LogP contribution is 2.21. The number of imidazole rings is 2. The Balaban J connectivity index is 2.38. The van der Waals surface area contributed by atoms with Crippen LogP contribution in [0.2, 0.25) is 0 Å². The van der Waals surface area contributed by atoms with E-state index in [-0.39, 0.29) is 0 Å². The van der Waals surface area contributed by atoms with Crippen LogP contribution in [0.5, 0.6) is 0 Å². The van der Waals surface area contributed by atoms with Crippen LogP contribution >= 0.6 is 0 Å². The molecule has 74 valence electrons. The normalized spacial score (nSPS) is 11.8. The number of fused-ring (bicyclic) bond motifs is 5. The molecule has 16 heavy (non-hydrogen) atoms. The molecule has 2 aromatic carbocycles. The van der Waals surface area contributed by atoms with Gasteiger partial charge in [0, 0.05) is 6.07 Å². The minimum Gasteiger partial charge on any atom is -0.323 e. The number of benzene rings is 2. The maximum Gasteiger partial charge on any atom is 0.213 e. The molecule has 0 unspecified atom stereocenters. The van der Waals surface area contributed by atoms with E-state index in [0.29, 0.717) is 0 Å². The van der Waals surface area contributed by atoms with E-state index in [9.17, 15) is 0 Å². The molecule has 2 aromatic heterocycles. The Morgan fingerprint density at radius 2 is 2.06 bits per heavy atom. The molecule has 0 aliphatic carbocycles. The Kier molecular flexibility index (Phi) is 1.31. The fourth-order valence-electron chi connectivity index (χ4n) is 2.13. The van der Waals surface area contributed by atoms with Gasteiger partial charge in [-0.3, -0.25) is 4.40 Å². The number of hydrogen-bond acceptors (Lipinski definition) is 1. The van der Waals surface area contributed by atoms with Gasteiger partial charge in [-0.25, -0.2) is 4.98 Å². The van der Waals surface area contributed by atoms with Gasteiger partial charge in [-0.05, 0) is 24.3 Å². The van der Waals surface area contributed by atoms with Gasteiger partial charge in [-0.1, -0.05) is 18.2 Å². The number of H-pyrrole nitrogens is 1. The summed E-state index contributed by atoms with van der Waals surface area (Å²) in [6.07, 6.45) is 0. The lowest BCUT2D eigenvalue weighted by Gasteiger charge is -1.92. The highest BCUT2D eigenvalue weighted by atomic mass is 15.1. The van der Waals surface area contributed by atoms with Crippen molar-refractivity contribution in [2.45, 2.75) is 0 Å². The second-order valence-corrected chi connectivity index (χ2v) is 3.75. The Morgan fingerprint density at radius 3 is 3.06 bits per heavy atom. The third-order valence-corrected chi connectivity index (χ3v) is 2.82. The van der Waals surface area contributed by atoms with E-state index in [1.807, 2.05) is 30.3 Å². The molecular formula is C13H7N3. The smallest absolute Gasteiger partial charge is 0.213 e. The average Bonchev–Trinajstić information content (AvgIpc) is 2.83. The number of hydrogen-bond donors (Lipinski definition) is 1. The second kappa shape index (κ2) is 2.64. The van der Waals surface area contributed by atoms with E-state index in [0.717, 1.165) is 27.8 Å². The summed E-state index contributed by atoms with van der Waals surface area (Å²) in [5.74, 6) is 0.854. The lowest BCUT2D eigenvalue weighted by atomic mass is 10.3. The van der Waals surface area contributed by atoms with E-state index in [1.165, 1.54) is 0 Å². The molecule has 1 N–H and O–H groups in total. The first kappa shape index (κ1) is 7.93. The highest BCUT2D eigenvalue weighted by Gasteiger charge is 2.08. The van der Waals surface area contributed by atoms with E-state index >= 15 is 0 Å². The maximum absolute atomic E-state index is 4.53. The number of nitrogens with one attached hydrogen (secondary N) is 1. The minimum absolute atomic E-state index is 0.854. The first-order valence-electron chi connectivity index (χ1n) is 5.11. The largest absolute Gasteiger partial charge is 0.323 e. The summed E-state index contributed by atoms with van der Waals surface area (Å²) in [5, 5.41) is 0. The number of para-hydroxylation sites is 2. The monoisotopic (exact) mass is 205 g/mol. The lowest BCUT2D eigenvalue weighted by molar-refractivity contribution is 1.28. The fourth-order valence-corrected chi connectivity index (χ4v) is 2.13. The summed E-state index contributed by atoms with van der Waals surface area (Å²) in [6.45, 7) is 0. The standard InChI is InChI=1S/C13H7N3/c1-3-7-11-9(5-1)14-13-15-10-6-2-4-8-12(10)16(11)13/h1,3-5,7-8H,(H,14,15). The van der Waals surface area contributed by atoms with Gasteiger partial charge >= 0.3 is 0 Å². The Hall–Kier alpha value is -2.29. The summed E-state index contributed by atoms with van der Waals surface area (Å²) in [7, 11) is 0. The molecule has 0 atom stereocenters. The number of aromatic nitrogens is 3. The Morgan fingerprint density at radius 1 is 1.12 bits per heavy atom. The van der Waals surface area contributed by atoms with E-state index in [1.54, 1.807) is 0 Å².